The Morgan fingerprint density at radius 2 is 2.09 bits per heavy atom. The van der Waals surface area contributed by atoms with Gasteiger partial charge in [-0.3, -0.25) is 4.79 Å². The minimum Gasteiger partial charge on any atom is -0.351 e. The maximum Gasteiger partial charge on any atom is 0.237 e. The summed E-state index contributed by atoms with van der Waals surface area (Å²) in [4.78, 5) is 12.5. The van der Waals surface area contributed by atoms with Gasteiger partial charge in [0.15, 0.2) is 0 Å². The first-order valence-electron chi connectivity index (χ1n) is 8.15. The fourth-order valence-corrected chi connectivity index (χ4v) is 4.36. The largest absolute Gasteiger partial charge is 0.351 e. The van der Waals surface area contributed by atoms with Crippen LogP contribution in [0.4, 0.5) is 0 Å². The lowest BCUT2D eigenvalue weighted by Crippen LogP contribution is -2.40. The Kier molecular flexibility index (Phi) is 5.16. The van der Waals surface area contributed by atoms with Gasteiger partial charge in [-0.2, -0.15) is 0 Å². The molecule has 0 aromatic heterocycles. The smallest absolute Gasteiger partial charge is 0.237 e. The average Bonchev–Trinajstić information content (AvgIpc) is 2.90. The summed E-state index contributed by atoms with van der Waals surface area (Å²) in [5.41, 5.74) is 2.22. The molecule has 1 spiro atoms. The van der Waals surface area contributed by atoms with E-state index in [4.69, 9.17) is 23.2 Å². The van der Waals surface area contributed by atoms with Gasteiger partial charge in [-0.05, 0) is 68.0 Å². The number of halogens is 2. The molecule has 2 aliphatic rings. The minimum absolute atomic E-state index is 0.0609. The lowest BCUT2D eigenvalue weighted by atomic mass is 9.77. The third-order valence-corrected chi connectivity index (χ3v) is 5.72. The van der Waals surface area contributed by atoms with Gasteiger partial charge in [0.1, 0.15) is 0 Å². The van der Waals surface area contributed by atoms with E-state index in [9.17, 15) is 4.79 Å². The zero-order valence-electron chi connectivity index (χ0n) is 13.3. The van der Waals surface area contributed by atoms with Crippen molar-refractivity contribution in [1.29, 1.82) is 0 Å². The molecule has 2 aliphatic heterocycles. The van der Waals surface area contributed by atoms with Crippen molar-refractivity contribution >= 4 is 29.1 Å². The topological polar surface area (TPSA) is 53.2 Å². The Morgan fingerprint density at radius 3 is 2.78 bits per heavy atom. The number of amides is 1. The van der Waals surface area contributed by atoms with Crippen LogP contribution in [-0.4, -0.2) is 31.6 Å². The molecule has 126 valence electrons. The van der Waals surface area contributed by atoms with Crippen LogP contribution in [0.2, 0.25) is 10.0 Å². The number of nitrogens with one attached hydrogen (secondary N) is 3. The van der Waals surface area contributed by atoms with Crippen LogP contribution in [-0.2, 0) is 11.3 Å². The first-order valence-corrected chi connectivity index (χ1v) is 8.91. The van der Waals surface area contributed by atoms with Crippen LogP contribution in [0, 0.1) is 12.3 Å². The zero-order chi connectivity index (χ0) is 16.4. The van der Waals surface area contributed by atoms with E-state index in [1.54, 1.807) is 6.07 Å². The maximum absolute atomic E-state index is 12.5. The van der Waals surface area contributed by atoms with Gasteiger partial charge in [-0.15, -0.1) is 0 Å². The predicted molar refractivity (Wildman–Crippen MR) is 94.0 cm³/mol. The van der Waals surface area contributed by atoms with E-state index in [1.165, 1.54) is 0 Å². The van der Waals surface area contributed by atoms with Crippen molar-refractivity contribution in [2.24, 2.45) is 5.41 Å². The van der Waals surface area contributed by atoms with Crippen LogP contribution in [0.1, 0.15) is 30.4 Å². The number of rotatable bonds is 3. The van der Waals surface area contributed by atoms with Gasteiger partial charge in [0.05, 0.1) is 6.04 Å². The number of carbonyl (C=O) groups is 1. The molecule has 1 aromatic carbocycles. The van der Waals surface area contributed by atoms with E-state index in [0.717, 1.165) is 50.0 Å². The van der Waals surface area contributed by atoms with Gasteiger partial charge < -0.3 is 16.0 Å². The van der Waals surface area contributed by atoms with E-state index in [0.29, 0.717) is 22.0 Å². The second-order valence-electron chi connectivity index (χ2n) is 6.79. The summed E-state index contributed by atoms with van der Waals surface area (Å²) in [6.45, 7) is 5.43. The summed E-state index contributed by atoms with van der Waals surface area (Å²) in [6, 6.07) is 3.49. The second kappa shape index (κ2) is 6.98. The molecule has 0 bridgehead atoms. The molecule has 3 rings (SSSR count). The molecule has 0 radical (unpaired) electrons. The molecule has 1 amide bonds. The van der Waals surface area contributed by atoms with Gasteiger partial charge in [0.2, 0.25) is 5.91 Å². The summed E-state index contributed by atoms with van der Waals surface area (Å²) >= 11 is 12.2. The van der Waals surface area contributed by atoms with Crippen LogP contribution < -0.4 is 16.0 Å². The summed E-state index contributed by atoms with van der Waals surface area (Å²) in [7, 11) is 0. The van der Waals surface area contributed by atoms with Gasteiger partial charge in [0, 0.05) is 23.1 Å². The molecular weight excluding hydrogens is 333 g/mol. The van der Waals surface area contributed by atoms with E-state index in [2.05, 4.69) is 16.0 Å². The fourth-order valence-electron chi connectivity index (χ4n) is 3.70. The standard InChI is InChI=1S/C17H23Cl2N3O/c1-11-6-12(18)7-14(19)13(11)9-21-16(23)15-8-17(10-22-15)2-4-20-5-3-17/h6-7,15,20,22H,2-5,8-10H2,1H3,(H,21,23)/t15-/m0/s1. The number of carbonyl (C=O) groups excluding carboxylic acids is 1. The van der Waals surface area contributed by atoms with Crippen LogP contribution in [0.5, 0.6) is 0 Å². The molecule has 2 fully saturated rings. The van der Waals surface area contributed by atoms with Crippen molar-refractivity contribution in [2.75, 3.05) is 19.6 Å². The third-order valence-electron chi connectivity index (χ3n) is 5.16. The van der Waals surface area contributed by atoms with E-state index < -0.39 is 0 Å². The van der Waals surface area contributed by atoms with Crippen LogP contribution in [0.3, 0.4) is 0 Å². The molecule has 2 saturated heterocycles. The Bertz CT molecular complexity index is 576. The summed E-state index contributed by atoms with van der Waals surface area (Å²) in [5.74, 6) is 0.0609. The van der Waals surface area contributed by atoms with Gasteiger partial charge in [-0.1, -0.05) is 23.2 Å². The van der Waals surface area contributed by atoms with E-state index in [-0.39, 0.29) is 11.9 Å². The average molecular weight is 356 g/mol. The maximum atomic E-state index is 12.5. The molecule has 2 heterocycles. The molecular formula is C17H23Cl2N3O. The predicted octanol–water partition coefficient (Wildman–Crippen LogP) is 2.65. The molecule has 0 aliphatic carbocycles. The zero-order valence-corrected chi connectivity index (χ0v) is 14.9. The highest BCUT2D eigenvalue weighted by atomic mass is 35.5. The van der Waals surface area contributed by atoms with Crippen LogP contribution >= 0.6 is 23.2 Å². The van der Waals surface area contributed by atoms with Crippen molar-refractivity contribution in [3.05, 3.63) is 33.3 Å². The highest BCUT2D eigenvalue weighted by molar-refractivity contribution is 6.35. The van der Waals surface area contributed by atoms with E-state index in [1.807, 2.05) is 13.0 Å². The van der Waals surface area contributed by atoms with Crippen molar-refractivity contribution in [1.82, 2.24) is 16.0 Å². The first kappa shape index (κ1) is 17.0. The number of aryl methyl sites for hydroxylation is 1. The SMILES string of the molecule is Cc1cc(Cl)cc(Cl)c1CNC(=O)[C@@H]1CC2(CCNCC2)CN1. The van der Waals surface area contributed by atoms with Crippen LogP contribution in [0.25, 0.3) is 0 Å². The molecule has 23 heavy (non-hydrogen) atoms. The fraction of sp³-hybridized carbons (Fsp3) is 0.588. The Morgan fingerprint density at radius 1 is 1.35 bits per heavy atom. The molecule has 0 unspecified atom stereocenters. The quantitative estimate of drug-likeness (QED) is 0.781. The highest BCUT2D eigenvalue weighted by Gasteiger charge is 2.41. The molecule has 1 atom stereocenters. The molecule has 0 saturated carbocycles. The van der Waals surface area contributed by atoms with Gasteiger partial charge in [0.25, 0.3) is 0 Å². The Hall–Kier alpha value is -0.810. The van der Waals surface area contributed by atoms with Crippen LogP contribution in [0.15, 0.2) is 12.1 Å². The Balaban J connectivity index is 1.58. The Labute approximate surface area is 147 Å². The van der Waals surface area contributed by atoms with Gasteiger partial charge in [-0.25, -0.2) is 0 Å². The lowest BCUT2D eigenvalue weighted by Gasteiger charge is -2.33. The highest BCUT2D eigenvalue weighted by Crippen LogP contribution is 2.37. The number of hydrogen-bond donors (Lipinski definition) is 3. The lowest BCUT2D eigenvalue weighted by molar-refractivity contribution is -0.123. The summed E-state index contributed by atoms with van der Waals surface area (Å²) < 4.78 is 0. The third kappa shape index (κ3) is 3.82. The van der Waals surface area contributed by atoms with Crippen molar-refractivity contribution < 1.29 is 4.79 Å². The second-order valence-corrected chi connectivity index (χ2v) is 7.63. The first-order chi connectivity index (χ1) is 11.0. The normalized spacial score (nSPS) is 23.2. The number of piperidine rings is 1. The van der Waals surface area contributed by atoms with Gasteiger partial charge >= 0.3 is 0 Å². The van der Waals surface area contributed by atoms with Crippen molar-refractivity contribution in [3.8, 4) is 0 Å². The minimum atomic E-state index is -0.0977. The molecule has 4 nitrogen and oxygen atoms in total. The van der Waals surface area contributed by atoms with E-state index >= 15 is 0 Å². The number of hydrogen-bond acceptors (Lipinski definition) is 3. The molecule has 6 heteroatoms. The summed E-state index contributed by atoms with van der Waals surface area (Å²) in [6.07, 6.45) is 3.21. The monoisotopic (exact) mass is 355 g/mol. The number of benzene rings is 1. The molecule has 1 aromatic rings. The molecule has 3 N–H and O–H groups in total. The summed E-state index contributed by atoms with van der Waals surface area (Å²) in [5, 5.41) is 11.0. The van der Waals surface area contributed by atoms with Crippen molar-refractivity contribution in [2.45, 2.75) is 38.8 Å². The van der Waals surface area contributed by atoms with Crippen molar-refractivity contribution in [3.63, 3.8) is 0 Å².